The van der Waals surface area contributed by atoms with Crippen molar-refractivity contribution in [3.63, 3.8) is 0 Å². The van der Waals surface area contributed by atoms with Crippen LogP contribution in [-0.2, 0) is 24.1 Å². The Morgan fingerprint density at radius 1 is 1.14 bits per heavy atom. The van der Waals surface area contributed by atoms with E-state index in [4.69, 9.17) is 14.5 Å². The van der Waals surface area contributed by atoms with Crippen LogP contribution in [0.3, 0.4) is 0 Å². The van der Waals surface area contributed by atoms with Crippen LogP contribution >= 0.6 is 11.3 Å². The number of aryl methyl sites for hydroxylation is 2. The molecule has 8 nitrogen and oxygen atoms in total. The number of anilines is 1. The van der Waals surface area contributed by atoms with E-state index >= 15 is 0 Å². The van der Waals surface area contributed by atoms with E-state index in [0.29, 0.717) is 28.8 Å². The van der Waals surface area contributed by atoms with E-state index in [1.807, 2.05) is 19.1 Å². The van der Waals surface area contributed by atoms with Gasteiger partial charge in [0.05, 0.1) is 26.0 Å². The molecule has 1 aliphatic heterocycles. The summed E-state index contributed by atoms with van der Waals surface area (Å²) in [4.78, 5) is 34.1. The minimum atomic E-state index is -0.199. The van der Waals surface area contributed by atoms with Crippen molar-refractivity contribution in [2.75, 3.05) is 38.7 Å². The second-order valence-electron chi connectivity index (χ2n) is 9.46. The van der Waals surface area contributed by atoms with Crippen molar-refractivity contribution in [1.82, 2.24) is 15.2 Å². The summed E-state index contributed by atoms with van der Waals surface area (Å²) in [7, 11) is 1.61. The van der Waals surface area contributed by atoms with Crippen molar-refractivity contribution in [2.45, 2.75) is 38.8 Å². The van der Waals surface area contributed by atoms with Crippen LogP contribution in [-0.4, -0.2) is 61.2 Å². The summed E-state index contributed by atoms with van der Waals surface area (Å²) in [6.07, 6.45) is 3.01. The molecule has 1 atom stereocenters. The first-order chi connectivity index (χ1) is 18.0. The molecule has 1 fully saturated rings. The summed E-state index contributed by atoms with van der Waals surface area (Å²) in [6, 6.07) is 13.1. The van der Waals surface area contributed by atoms with Crippen LogP contribution in [0.1, 0.15) is 48.8 Å². The number of thiazole rings is 1. The number of rotatable bonds is 7. The third kappa shape index (κ3) is 6.01. The highest BCUT2D eigenvalue weighted by molar-refractivity contribution is 7.15. The standard InChI is InChI=1S/C28H32N4O4S/c1-18-14-21(6-9-24(18)35-2)26(33)29-17-19-4-3-5-20(15-19)27(34)31-28-30-23-8-7-22(16-25(23)37-28)32-10-12-36-13-11-32/h3-6,9,14-15,22H,7-8,10-13,16-17H2,1-2H3,(H,29,33)(H,30,31,34). The monoisotopic (exact) mass is 520 g/mol. The first-order valence-corrected chi connectivity index (χ1v) is 13.5. The van der Waals surface area contributed by atoms with Gasteiger partial charge in [0.2, 0.25) is 0 Å². The van der Waals surface area contributed by atoms with Gasteiger partial charge < -0.3 is 14.8 Å². The van der Waals surface area contributed by atoms with Gasteiger partial charge in [0.1, 0.15) is 5.75 Å². The van der Waals surface area contributed by atoms with Crippen LogP contribution in [0.15, 0.2) is 42.5 Å². The second-order valence-corrected chi connectivity index (χ2v) is 10.5. The van der Waals surface area contributed by atoms with E-state index in [9.17, 15) is 9.59 Å². The Kier molecular flexibility index (Phi) is 7.83. The Hall–Kier alpha value is -3.27. The Morgan fingerprint density at radius 2 is 1.95 bits per heavy atom. The third-order valence-corrected chi connectivity index (χ3v) is 8.03. The lowest BCUT2D eigenvalue weighted by Crippen LogP contribution is -2.45. The van der Waals surface area contributed by atoms with Gasteiger partial charge in [-0.15, -0.1) is 11.3 Å². The number of carbonyl (C=O) groups excluding carboxylic acids is 2. The number of nitrogens with zero attached hydrogens (tertiary/aromatic N) is 2. The maximum atomic E-state index is 13.0. The van der Waals surface area contributed by atoms with E-state index in [2.05, 4.69) is 15.5 Å². The Morgan fingerprint density at radius 3 is 2.73 bits per heavy atom. The highest BCUT2D eigenvalue weighted by atomic mass is 32.1. The summed E-state index contributed by atoms with van der Waals surface area (Å²) in [5.74, 6) is 0.368. The molecule has 37 heavy (non-hydrogen) atoms. The fourth-order valence-corrected chi connectivity index (χ4v) is 6.04. The van der Waals surface area contributed by atoms with Crippen LogP contribution in [0.5, 0.6) is 5.75 Å². The smallest absolute Gasteiger partial charge is 0.257 e. The molecule has 1 aromatic heterocycles. The van der Waals surface area contributed by atoms with E-state index < -0.39 is 0 Å². The zero-order chi connectivity index (χ0) is 25.8. The molecule has 2 heterocycles. The van der Waals surface area contributed by atoms with E-state index in [0.717, 1.165) is 68.1 Å². The van der Waals surface area contributed by atoms with Gasteiger partial charge in [0, 0.05) is 41.7 Å². The number of morpholine rings is 1. The normalized spacial score (nSPS) is 17.6. The maximum absolute atomic E-state index is 13.0. The number of methoxy groups -OCH3 is 1. The maximum Gasteiger partial charge on any atom is 0.257 e. The molecule has 0 saturated carbocycles. The number of hydrogen-bond donors (Lipinski definition) is 2. The largest absolute Gasteiger partial charge is 0.496 e. The average Bonchev–Trinajstić information content (AvgIpc) is 3.33. The molecule has 9 heteroatoms. The van der Waals surface area contributed by atoms with Crippen molar-refractivity contribution in [3.05, 3.63) is 75.3 Å². The van der Waals surface area contributed by atoms with Crippen LogP contribution in [0.2, 0.25) is 0 Å². The molecule has 0 radical (unpaired) electrons. The summed E-state index contributed by atoms with van der Waals surface area (Å²) in [5, 5.41) is 6.55. The molecule has 2 N–H and O–H groups in total. The molecule has 2 amide bonds. The molecule has 5 rings (SSSR count). The van der Waals surface area contributed by atoms with Gasteiger partial charge in [-0.2, -0.15) is 0 Å². The van der Waals surface area contributed by atoms with Crippen molar-refractivity contribution < 1.29 is 19.1 Å². The van der Waals surface area contributed by atoms with Gasteiger partial charge in [-0.3, -0.25) is 19.8 Å². The fraction of sp³-hybridized carbons (Fsp3) is 0.393. The quantitative estimate of drug-likeness (QED) is 0.492. The van der Waals surface area contributed by atoms with Gasteiger partial charge in [-0.25, -0.2) is 4.98 Å². The third-order valence-electron chi connectivity index (χ3n) is 7.00. The lowest BCUT2D eigenvalue weighted by molar-refractivity contribution is 0.0139. The molecule has 1 saturated heterocycles. The molecule has 2 aromatic carbocycles. The first-order valence-electron chi connectivity index (χ1n) is 12.6. The van der Waals surface area contributed by atoms with E-state index in [1.165, 1.54) is 4.88 Å². The molecule has 3 aromatic rings. The zero-order valence-corrected chi connectivity index (χ0v) is 22.0. The predicted octanol–water partition coefficient (Wildman–Crippen LogP) is 3.83. The number of nitrogens with one attached hydrogen (secondary N) is 2. The SMILES string of the molecule is COc1ccc(C(=O)NCc2cccc(C(=O)Nc3nc4c(s3)CC(N3CCOCC3)CC4)c2)cc1C. The summed E-state index contributed by atoms with van der Waals surface area (Å²) in [5.41, 5.74) is 3.95. The molecular weight excluding hydrogens is 488 g/mol. The number of amides is 2. The molecular formula is C28H32N4O4S. The lowest BCUT2D eigenvalue weighted by Gasteiger charge is -2.36. The number of ether oxygens (including phenoxy) is 2. The summed E-state index contributed by atoms with van der Waals surface area (Å²) >= 11 is 1.58. The number of hydrogen-bond acceptors (Lipinski definition) is 7. The summed E-state index contributed by atoms with van der Waals surface area (Å²) < 4.78 is 10.8. The van der Waals surface area contributed by atoms with Gasteiger partial charge in [-0.05, 0) is 67.6 Å². The minimum Gasteiger partial charge on any atom is -0.496 e. The van der Waals surface area contributed by atoms with Gasteiger partial charge in [0.15, 0.2) is 5.13 Å². The fourth-order valence-electron chi connectivity index (χ4n) is 4.96. The van der Waals surface area contributed by atoms with Crippen molar-refractivity contribution in [1.29, 1.82) is 0 Å². The van der Waals surface area contributed by atoms with Crippen LogP contribution in [0.25, 0.3) is 0 Å². The van der Waals surface area contributed by atoms with Gasteiger partial charge >= 0.3 is 0 Å². The Balaban J connectivity index is 1.18. The number of aromatic nitrogens is 1. The highest BCUT2D eigenvalue weighted by Gasteiger charge is 2.28. The molecule has 194 valence electrons. The number of carbonyl (C=O) groups is 2. The zero-order valence-electron chi connectivity index (χ0n) is 21.2. The highest BCUT2D eigenvalue weighted by Crippen LogP contribution is 2.32. The van der Waals surface area contributed by atoms with Gasteiger partial charge in [0.25, 0.3) is 11.8 Å². The van der Waals surface area contributed by atoms with Crippen LogP contribution < -0.4 is 15.4 Å². The van der Waals surface area contributed by atoms with Crippen molar-refractivity contribution >= 4 is 28.3 Å². The molecule has 0 bridgehead atoms. The lowest BCUT2D eigenvalue weighted by atomic mass is 9.96. The minimum absolute atomic E-state index is 0.177. The van der Waals surface area contributed by atoms with Gasteiger partial charge in [-0.1, -0.05) is 12.1 Å². The number of fused-ring (bicyclic) bond motifs is 1. The first kappa shape index (κ1) is 25.4. The predicted molar refractivity (Wildman–Crippen MR) is 144 cm³/mol. The Labute approximate surface area is 221 Å². The van der Waals surface area contributed by atoms with E-state index in [-0.39, 0.29) is 11.8 Å². The topological polar surface area (TPSA) is 92.8 Å². The molecule has 1 unspecified atom stereocenters. The molecule has 0 spiro atoms. The second kappa shape index (κ2) is 11.4. The number of benzene rings is 2. The Bertz CT molecular complexity index is 1280. The van der Waals surface area contributed by atoms with Crippen molar-refractivity contribution in [3.8, 4) is 5.75 Å². The van der Waals surface area contributed by atoms with Crippen molar-refractivity contribution in [2.24, 2.45) is 0 Å². The molecule has 2 aliphatic rings. The molecule has 1 aliphatic carbocycles. The van der Waals surface area contributed by atoms with Crippen LogP contribution in [0, 0.1) is 6.92 Å². The summed E-state index contributed by atoms with van der Waals surface area (Å²) in [6.45, 7) is 5.80. The van der Waals surface area contributed by atoms with Crippen LogP contribution in [0.4, 0.5) is 5.13 Å². The van der Waals surface area contributed by atoms with E-state index in [1.54, 1.807) is 48.8 Å². The average molecular weight is 521 g/mol.